The molecule has 0 bridgehead atoms. The summed E-state index contributed by atoms with van der Waals surface area (Å²) in [4.78, 5) is 1.57. The molecule has 18 heavy (non-hydrogen) atoms. The van der Waals surface area contributed by atoms with E-state index in [1.807, 2.05) is 11.3 Å². The molecule has 1 aromatic rings. The Morgan fingerprint density at radius 2 is 2.06 bits per heavy atom. The van der Waals surface area contributed by atoms with Crippen LogP contribution in [0.2, 0.25) is 0 Å². The zero-order valence-electron chi connectivity index (χ0n) is 11.4. The van der Waals surface area contributed by atoms with E-state index in [9.17, 15) is 0 Å². The van der Waals surface area contributed by atoms with Gasteiger partial charge in [0, 0.05) is 17.0 Å². The van der Waals surface area contributed by atoms with Crippen molar-refractivity contribution in [1.29, 1.82) is 0 Å². The minimum atomic E-state index is 0.641. The Labute approximate surface area is 115 Å². The molecule has 0 spiro atoms. The van der Waals surface area contributed by atoms with Crippen molar-refractivity contribution in [3.8, 4) is 0 Å². The van der Waals surface area contributed by atoms with Gasteiger partial charge in [-0.1, -0.05) is 25.8 Å². The lowest BCUT2D eigenvalue weighted by Gasteiger charge is -2.27. The molecule has 1 aromatic heterocycles. The van der Waals surface area contributed by atoms with Gasteiger partial charge in [-0.3, -0.25) is 0 Å². The van der Waals surface area contributed by atoms with Gasteiger partial charge < -0.3 is 5.32 Å². The molecule has 3 unspecified atom stereocenters. The molecule has 2 aliphatic carbocycles. The lowest BCUT2D eigenvalue weighted by Crippen LogP contribution is -2.34. The highest BCUT2D eigenvalue weighted by Gasteiger charge is 2.31. The minimum Gasteiger partial charge on any atom is -0.306 e. The fraction of sp³-hybridized carbons (Fsp3) is 0.750. The molecule has 1 heterocycles. The van der Waals surface area contributed by atoms with Crippen LogP contribution < -0.4 is 5.32 Å². The molecule has 3 atom stereocenters. The van der Waals surface area contributed by atoms with E-state index in [-0.39, 0.29) is 0 Å². The summed E-state index contributed by atoms with van der Waals surface area (Å²) < 4.78 is 0. The van der Waals surface area contributed by atoms with Crippen LogP contribution in [0.5, 0.6) is 0 Å². The highest BCUT2D eigenvalue weighted by molar-refractivity contribution is 7.10. The van der Waals surface area contributed by atoms with Crippen molar-refractivity contribution in [3.63, 3.8) is 0 Å². The molecule has 0 saturated heterocycles. The average molecular weight is 263 g/mol. The number of thiophene rings is 1. The molecule has 1 nitrogen and oxygen atoms in total. The van der Waals surface area contributed by atoms with Gasteiger partial charge in [-0.25, -0.2) is 0 Å². The summed E-state index contributed by atoms with van der Waals surface area (Å²) in [7, 11) is 0. The molecule has 3 rings (SSSR count). The summed E-state index contributed by atoms with van der Waals surface area (Å²) in [6.07, 6.45) is 9.92. The van der Waals surface area contributed by atoms with Crippen LogP contribution in [0, 0.1) is 11.8 Å². The lowest BCUT2D eigenvalue weighted by molar-refractivity contribution is 0.329. The third-order valence-electron chi connectivity index (χ3n) is 4.83. The molecule has 0 aliphatic heterocycles. The maximum absolute atomic E-state index is 4.00. The highest BCUT2D eigenvalue weighted by atomic mass is 32.1. The van der Waals surface area contributed by atoms with E-state index in [4.69, 9.17) is 0 Å². The summed E-state index contributed by atoms with van der Waals surface area (Å²) >= 11 is 1.94. The van der Waals surface area contributed by atoms with Crippen LogP contribution in [-0.2, 0) is 0 Å². The molecule has 1 N–H and O–H groups in total. The van der Waals surface area contributed by atoms with Crippen molar-refractivity contribution in [3.05, 3.63) is 22.4 Å². The van der Waals surface area contributed by atoms with Crippen molar-refractivity contribution in [2.24, 2.45) is 11.8 Å². The summed E-state index contributed by atoms with van der Waals surface area (Å²) in [6, 6.07) is 5.95. The Hall–Kier alpha value is -0.340. The third kappa shape index (κ3) is 2.80. The van der Waals surface area contributed by atoms with Crippen LogP contribution in [0.1, 0.15) is 62.8 Å². The SMILES string of the molecule is CC1CCC(NC(c2cccs2)C2CCCC2)C1. The van der Waals surface area contributed by atoms with E-state index < -0.39 is 0 Å². The molecule has 2 heteroatoms. The Bertz CT molecular complexity index is 353. The maximum atomic E-state index is 4.00. The van der Waals surface area contributed by atoms with Gasteiger partial charge in [-0.2, -0.15) is 0 Å². The van der Waals surface area contributed by atoms with E-state index in [2.05, 4.69) is 29.8 Å². The quantitative estimate of drug-likeness (QED) is 0.826. The predicted molar refractivity (Wildman–Crippen MR) is 79.0 cm³/mol. The van der Waals surface area contributed by atoms with Crippen molar-refractivity contribution in [2.45, 2.75) is 64.0 Å². The van der Waals surface area contributed by atoms with Gasteiger partial charge in [-0.05, 0) is 55.4 Å². The summed E-state index contributed by atoms with van der Waals surface area (Å²) in [5.74, 6) is 1.81. The van der Waals surface area contributed by atoms with Crippen LogP contribution >= 0.6 is 11.3 Å². The Morgan fingerprint density at radius 3 is 2.67 bits per heavy atom. The van der Waals surface area contributed by atoms with E-state index in [1.165, 1.54) is 44.9 Å². The smallest absolute Gasteiger partial charge is 0.0445 e. The van der Waals surface area contributed by atoms with Crippen LogP contribution in [0.25, 0.3) is 0 Å². The Morgan fingerprint density at radius 1 is 1.22 bits per heavy atom. The monoisotopic (exact) mass is 263 g/mol. The number of rotatable bonds is 4. The Balaban J connectivity index is 1.69. The molecule has 2 aliphatic rings. The zero-order chi connectivity index (χ0) is 12.4. The van der Waals surface area contributed by atoms with Gasteiger partial charge in [0.25, 0.3) is 0 Å². The summed E-state index contributed by atoms with van der Waals surface area (Å²) in [5, 5.41) is 6.23. The fourth-order valence-corrected chi connectivity index (χ4v) is 4.70. The second kappa shape index (κ2) is 5.75. The van der Waals surface area contributed by atoms with Gasteiger partial charge in [0.1, 0.15) is 0 Å². The zero-order valence-corrected chi connectivity index (χ0v) is 12.2. The van der Waals surface area contributed by atoms with E-state index >= 15 is 0 Å². The molecule has 0 amide bonds. The van der Waals surface area contributed by atoms with Gasteiger partial charge in [0.15, 0.2) is 0 Å². The maximum Gasteiger partial charge on any atom is 0.0445 e. The molecule has 2 fully saturated rings. The van der Waals surface area contributed by atoms with Crippen LogP contribution in [0.4, 0.5) is 0 Å². The minimum absolute atomic E-state index is 0.641. The standard InChI is InChI=1S/C16H25NS/c1-12-8-9-14(11-12)17-16(13-5-2-3-6-13)15-7-4-10-18-15/h4,7,10,12-14,16-17H,2-3,5-6,8-9,11H2,1H3. The lowest BCUT2D eigenvalue weighted by atomic mass is 9.95. The second-order valence-electron chi connectivity index (χ2n) is 6.32. The summed E-state index contributed by atoms with van der Waals surface area (Å²) in [5.41, 5.74) is 0. The molecule has 2 saturated carbocycles. The molecular weight excluding hydrogens is 238 g/mol. The summed E-state index contributed by atoms with van der Waals surface area (Å²) in [6.45, 7) is 2.40. The topological polar surface area (TPSA) is 12.0 Å². The first-order valence-corrected chi connectivity index (χ1v) is 8.50. The first kappa shape index (κ1) is 12.7. The predicted octanol–water partition coefficient (Wildman–Crippen LogP) is 4.76. The molecule has 0 aromatic carbocycles. The van der Waals surface area contributed by atoms with Crippen LogP contribution in [0.3, 0.4) is 0 Å². The van der Waals surface area contributed by atoms with E-state index in [0.29, 0.717) is 6.04 Å². The second-order valence-corrected chi connectivity index (χ2v) is 7.30. The van der Waals surface area contributed by atoms with Gasteiger partial charge in [0.05, 0.1) is 0 Å². The highest BCUT2D eigenvalue weighted by Crippen LogP contribution is 2.39. The van der Waals surface area contributed by atoms with Gasteiger partial charge >= 0.3 is 0 Å². The van der Waals surface area contributed by atoms with Crippen LogP contribution in [0.15, 0.2) is 17.5 Å². The van der Waals surface area contributed by atoms with Gasteiger partial charge in [-0.15, -0.1) is 11.3 Å². The first-order chi connectivity index (χ1) is 8.83. The number of hydrogen-bond donors (Lipinski definition) is 1. The van der Waals surface area contributed by atoms with Crippen molar-refractivity contribution < 1.29 is 0 Å². The Kier molecular flexibility index (Phi) is 4.05. The van der Waals surface area contributed by atoms with E-state index in [1.54, 1.807) is 4.88 Å². The van der Waals surface area contributed by atoms with Crippen LogP contribution in [-0.4, -0.2) is 6.04 Å². The first-order valence-electron chi connectivity index (χ1n) is 7.62. The average Bonchev–Trinajstić information content (AvgIpc) is 3.09. The molecule has 0 radical (unpaired) electrons. The number of hydrogen-bond acceptors (Lipinski definition) is 2. The van der Waals surface area contributed by atoms with Crippen molar-refractivity contribution in [1.82, 2.24) is 5.32 Å². The fourth-order valence-electron chi connectivity index (χ4n) is 3.82. The largest absolute Gasteiger partial charge is 0.306 e. The molecular formula is C16H25NS. The number of nitrogens with one attached hydrogen (secondary N) is 1. The van der Waals surface area contributed by atoms with E-state index in [0.717, 1.165) is 17.9 Å². The normalized spacial score (nSPS) is 30.9. The molecule has 100 valence electrons. The van der Waals surface area contributed by atoms with Gasteiger partial charge in [0.2, 0.25) is 0 Å². The van der Waals surface area contributed by atoms with Crippen molar-refractivity contribution in [2.75, 3.05) is 0 Å². The van der Waals surface area contributed by atoms with Crippen molar-refractivity contribution >= 4 is 11.3 Å². The third-order valence-corrected chi connectivity index (χ3v) is 5.79.